The molecule has 1 aromatic heterocycles. The normalized spacial score (nSPS) is 9.85. The third-order valence-corrected chi connectivity index (χ3v) is 3.82. The number of anilines is 2. The molecule has 1 heterocycles. The molecule has 0 aliphatic rings. The Balaban J connectivity index is 2.22. The molecule has 9 heteroatoms. The second kappa shape index (κ2) is 10.3. The number of nitro groups is 1. The smallest absolute Gasteiger partial charge is 0.353 e. The average molecular weight is 365 g/mol. The van der Waals surface area contributed by atoms with Gasteiger partial charge in [-0.2, -0.15) is 10.5 Å². The molecule has 0 aliphatic heterocycles. The van der Waals surface area contributed by atoms with Crippen LogP contribution in [0.25, 0.3) is 0 Å². The molecule has 0 amide bonds. The summed E-state index contributed by atoms with van der Waals surface area (Å²) in [4.78, 5) is 20.8. The molecule has 0 atom stereocenters. The summed E-state index contributed by atoms with van der Waals surface area (Å²) in [7, 11) is 0. The summed E-state index contributed by atoms with van der Waals surface area (Å²) in [6, 6.07) is 13.8. The maximum Gasteiger partial charge on any atom is 0.353 e. The minimum absolute atomic E-state index is 0.114. The zero-order valence-electron chi connectivity index (χ0n) is 14.7. The topological polar surface area (TPSA) is 132 Å². The molecule has 2 aromatic rings. The fourth-order valence-electron chi connectivity index (χ4n) is 2.56. The summed E-state index contributed by atoms with van der Waals surface area (Å²) in [5.41, 5.74) is 0.855. The van der Waals surface area contributed by atoms with Crippen LogP contribution in [0.15, 0.2) is 36.7 Å². The Morgan fingerprint density at radius 1 is 1.11 bits per heavy atom. The van der Waals surface area contributed by atoms with Crippen LogP contribution >= 0.6 is 0 Å². The molecular weight excluding hydrogens is 346 g/mol. The minimum atomic E-state index is -0.536. The highest BCUT2D eigenvalue weighted by Crippen LogP contribution is 2.31. The molecule has 27 heavy (non-hydrogen) atoms. The van der Waals surface area contributed by atoms with E-state index < -0.39 is 4.92 Å². The van der Waals surface area contributed by atoms with E-state index in [2.05, 4.69) is 15.3 Å². The lowest BCUT2D eigenvalue weighted by atomic mass is 10.1. The van der Waals surface area contributed by atoms with Crippen LogP contribution in [0.3, 0.4) is 0 Å². The van der Waals surface area contributed by atoms with E-state index in [0.717, 1.165) is 5.56 Å². The van der Waals surface area contributed by atoms with Crippen molar-refractivity contribution in [1.82, 2.24) is 9.97 Å². The first kappa shape index (κ1) is 19.6. The van der Waals surface area contributed by atoms with Gasteiger partial charge in [0.2, 0.25) is 11.6 Å². The maximum atomic E-state index is 11.7. The van der Waals surface area contributed by atoms with E-state index in [4.69, 9.17) is 10.5 Å². The van der Waals surface area contributed by atoms with Crippen molar-refractivity contribution in [2.75, 3.05) is 29.9 Å². The highest BCUT2D eigenvalue weighted by molar-refractivity contribution is 5.70. The lowest BCUT2D eigenvalue weighted by Crippen LogP contribution is -2.27. The van der Waals surface area contributed by atoms with Gasteiger partial charge in [-0.05, 0) is 12.0 Å². The Bertz CT molecular complexity index is 825. The molecule has 0 radical (unpaired) electrons. The van der Waals surface area contributed by atoms with Gasteiger partial charge in [-0.3, -0.25) is 10.1 Å². The number of nitrogens with one attached hydrogen (secondary N) is 1. The Morgan fingerprint density at radius 2 is 1.78 bits per heavy atom. The monoisotopic (exact) mass is 365 g/mol. The van der Waals surface area contributed by atoms with Crippen molar-refractivity contribution in [2.24, 2.45) is 0 Å². The van der Waals surface area contributed by atoms with Crippen LogP contribution in [-0.2, 0) is 6.42 Å². The lowest BCUT2D eigenvalue weighted by molar-refractivity contribution is -0.383. The van der Waals surface area contributed by atoms with Crippen molar-refractivity contribution in [3.63, 3.8) is 0 Å². The van der Waals surface area contributed by atoms with Gasteiger partial charge >= 0.3 is 5.69 Å². The van der Waals surface area contributed by atoms with Crippen molar-refractivity contribution in [3.05, 3.63) is 52.3 Å². The number of nitriles is 2. The van der Waals surface area contributed by atoms with Gasteiger partial charge in [0.25, 0.3) is 0 Å². The molecule has 0 aliphatic carbocycles. The predicted molar refractivity (Wildman–Crippen MR) is 100.0 cm³/mol. The summed E-state index contributed by atoms with van der Waals surface area (Å²) >= 11 is 0. The van der Waals surface area contributed by atoms with Crippen LogP contribution in [0, 0.1) is 32.8 Å². The predicted octanol–water partition coefficient (Wildman–Crippen LogP) is 2.67. The highest BCUT2D eigenvalue weighted by Gasteiger charge is 2.26. The molecular formula is C18H19N7O2. The summed E-state index contributed by atoms with van der Waals surface area (Å²) in [6.07, 6.45) is 2.27. The summed E-state index contributed by atoms with van der Waals surface area (Å²) in [6.45, 7) is 0.969. The number of benzene rings is 1. The number of hydrogen-bond donors (Lipinski definition) is 1. The second-order valence-corrected chi connectivity index (χ2v) is 5.62. The quantitative estimate of drug-likeness (QED) is 0.502. The van der Waals surface area contributed by atoms with Crippen molar-refractivity contribution in [2.45, 2.75) is 19.3 Å². The molecule has 1 N–H and O–H groups in total. The largest absolute Gasteiger partial charge is 0.364 e. The zero-order chi connectivity index (χ0) is 19.5. The maximum absolute atomic E-state index is 11.7. The van der Waals surface area contributed by atoms with Crippen LogP contribution in [0.2, 0.25) is 0 Å². The van der Waals surface area contributed by atoms with E-state index in [9.17, 15) is 10.1 Å². The van der Waals surface area contributed by atoms with Gasteiger partial charge in [0, 0.05) is 19.6 Å². The van der Waals surface area contributed by atoms with Crippen LogP contribution in [0.1, 0.15) is 18.4 Å². The van der Waals surface area contributed by atoms with E-state index in [1.54, 1.807) is 4.90 Å². The summed E-state index contributed by atoms with van der Waals surface area (Å²) < 4.78 is 0. The SMILES string of the molecule is N#CCCN(CCC#N)c1ncnc(NCCc2ccccc2)c1[N+](=O)[O-]. The third kappa shape index (κ3) is 5.65. The second-order valence-electron chi connectivity index (χ2n) is 5.62. The van der Waals surface area contributed by atoms with Crippen LogP contribution in [-0.4, -0.2) is 34.5 Å². The van der Waals surface area contributed by atoms with Crippen LogP contribution < -0.4 is 10.2 Å². The van der Waals surface area contributed by atoms with Gasteiger partial charge in [-0.1, -0.05) is 30.3 Å². The fourth-order valence-corrected chi connectivity index (χ4v) is 2.56. The van der Waals surface area contributed by atoms with Crippen LogP contribution in [0.5, 0.6) is 0 Å². The average Bonchev–Trinajstić information content (AvgIpc) is 2.68. The van der Waals surface area contributed by atoms with E-state index in [1.165, 1.54) is 6.33 Å². The van der Waals surface area contributed by atoms with Gasteiger partial charge in [-0.25, -0.2) is 9.97 Å². The van der Waals surface area contributed by atoms with Crippen molar-refractivity contribution >= 4 is 17.3 Å². The van der Waals surface area contributed by atoms with Crippen LogP contribution in [0.4, 0.5) is 17.3 Å². The lowest BCUT2D eigenvalue weighted by Gasteiger charge is -2.21. The van der Waals surface area contributed by atoms with E-state index in [-0.39, 0.29) is 43.3 Å². The Labute approximate surface area is 157 Å². The molecule has 0 spiro atoms. The fraction of sp³-hybridized carbons (Fsp3) is 0.333. The number of hydrogen-bond acceptors (Lipinski definition) is 8. The van der Waals surface area contributed by atoms with E-state index in [0.29, 0.717) is 13.0 Å². The highest BCUT2D eigenvalue weighted by atomic mass is 16.6. The molecule has 9 nitrogen and oxygen atoms in total. The number of rotatable bonds is 10. The summed E-state index contributed by atoms with van der Waals surface area (Å²) in [5.74, 6) is 0.238. The molecule has 1 aromatic carbocycles. The molecule has 0 unspecified atom stereocenters. The Morgan fingerprint density at radius 3 is 2.37 bits per heavy atom. The van der Waals surface area contributed by atoms with Gasteiger partial charge in [0.1, 0.15) is 6.33 Å². The van der Waals surface area contributed by atoms with Crippen molar-refractivity contribution in [1.29, 1.82) is 10.5 Å². The number of aromatic nitrogens is 2. The standard InChI is InChI=1S/C18H19N7O2/c19-9-4-12-24(13-5-10-20)18-16(25(26)27)17(22-14-23-18)21-11-8-15-6-2-1-3-7-15/h1-3,6-7,14H,4-5,8,11-13H2,(H,21,22,23). The molecule has 0 saturated heterocycles. The van der Waals surface area contributed by atoms with Crippen molar-refractivity contribution in [3.8, 4) is 12.1 Å². The zero-order valence-corrected chi connectivity index (χ0v) is 14.7. The minimum Gasteiger partial charge on any atom is -0.364 e. The van der Waals surface area contributed by atoms with Gasteiger partial charge in [-0.15, -0.1) is 0 Å². The Kier molecular flexibility index (Phi) is 7.49. The first-order valence-corrected chi connectivity index (χ1v) is 8.43. The first-order valence-electron chi connectivity index (χ1n) is 8.43. The first-order chi connectivity index (χ1) is 13.2. The number of nitrogens with zero attached hydrogens (tertiary/aromatic N) is 6. The van der Waals surface area contributed by atoms with Gasteiger partial charge < -0.3 is 10.2 Å². The van der Waals surface area contributed by atoms with Crippen molar-refractivity contribution < 1.29 is 4.92 Å². The third-order valence-electron chi connectivity index (χ3n) is 3.82. The molecule has 138 valence electrons. The van der Waals surface area contributed by atoms with E-state index in [1.807, 2.05) is 42.5 Å². The molecule has 0 bridgehead atoms. The molecule has 0 saturated carbocycles. The van der Waals surface area contributed by atoms with E-state index >= 15 is 0 Å². The molecule has 0 fully saturated rings. The van der Waals surface area contributed by atoms with Gasteiger partial charge in [0.15, 0.2) is 0 Å². The van der Waals surface area contributed by atoms with Gasteiger partial charge in [0.05, 0.1) is 29.9 Å². The Hall–Kier alpha value is -3.72. The molecule has 2 rings (SSSR count). The summed E-state index contributed by atoms with van der Waals surface area (Å²) in [5, 5.41) is 32.3.